The van der Waals surface area contributed by atoms with Gasteiger partial charge in [-0.1, -0.05) is 42.5 Å². The predicted molar refractivity (Wildman–Crippen MR) is 112 cm³/mol. The van der Waals surface area contributed by atoms with Crippen LogP contribution in [0.4, 0.5) is 0 Å². The van der Waals surface area contributed by atoms with Crippen molar-refractivity contribution in [2.24, 2.45) is 13.0 Å². The van der Waals surface area contributed by atoms with E-state index in [-0.39, 0.29) is 17.9 Å². The Kier molecular flexibility index (Phi) is 4.91. The van der Waals surface area contributed by atoms with Gasteiger partial charge >= 0.3 is 0 Å². The first-order valence-corrected chi connectivity index (χ1v) is 10.4. The van der Waals surface area contributed by atoms with Crippen molar-refractivity contribution < 1.29 is 14.3 Å². The van der Waals surface area contributed by atoms with Crippen molar-refractivity contribution in [2.75, 3.05) is 13.2 Å². The Morgan fingerprint density at radius 3 is 2.67 bits per heavy atom. The van der Waals surface area contributed by atoms with Gasteiger partial charge in [0.2, 0.25) is 5.91 Å². The smallest absolute Gasteiger partial charge is 0.226 e. The number of fused-ring (bicyclic) bond motifs is 1. The van der Waals surface area contributed by atoms with Gasteiger partial charge < -0.3 is 18.9 Å². The van der Waals surface area contributed by atoms with Gasteiger partial charge in [-0.25, -0.2) is 4.98 Å². The Labute approximate surface area is 176 Å². The molecule has 1 amide bonds. The van der Waals surface area contributed by atoms with Crippen LogP contribution in [0, 0.1) is 5.92 Å². The van der Waals surface area contributed by atoms with E-state index in [0.29, 0.717) is 25.6 Å². The molecule has 154 valence electrons. The lowest BCUT2D eigenvalue weighted by Gasteiger charge is -2.31. The lowest BCUT2D eigenvalue weighted by atomic mass is 10.1. The first-order valence-electron chi connectivity index (χ1n) is 10.4. The summed E-state index contributed by atoms with van der Waals surface area (Å²) in [5.41, 5.74) is 1.24. The fraction of sp³-hybridized carbons (Fsp3) is 0.333. The summed E-state index contributed by atoms with van der Waals surface area (Å²) in [5, 5.41) is 0. The first-order chi connectivity index (χ1) is 14.7. The average Bonchev–Trinajstić information content (AvgIpc) is 3.49. The SMILES string of the molecule is Cn1ccnc1CN(C[C@H]1COc2ccccc2O1)C(=O)[C@H]1C[C@H]1c1ccccc1. The molecule has 6 heteroatoms. The third-order valence-electron chi connectivity index (χ3n) is 5.89. The van der Waals surface area contributed by atoms with Crippen molar-refractivity contribution in [1.29, 1.82) is 0 Å². The van der Waals surface area contributed by atoms with Crippen LogP contribution < -0.4 is 9.47 Å². The zero-order chi connectivity index (χ0) is 20.5. The third kappa shape index (κ3) is 3.77. The number of hydrogen-bond acceptors (Lipinski definition) is 4. The molecule has 2 aliphatic rings. The molecule has 1 aliphatic heterocycles. The minimum atomic E-state index is -0.210. The molecule has 2 heterocycles. The molecule has 0 radical (unpaired) electrons. The predicted octanol–water partition coefficient (Wildman–Crippen LogP) is 3.39. The second-order valence-corrected chi connectivity index (χ2v) is 8.03. The van der Waals surface area contributed by atoms with E-state index in [0.717, 1.165) is 23.7 Å². The molecule has 2 aromatic carbocycles. The fourth-order valence-corrected chi connectivity index (χ4v) is 4.12. The standard InChI is InChI=1S/C24H25N3O3/c1-26-12-11-25-23(26)15-27(14-18-16-29-21-9-5-6-10-22(21)30-18)24(28)20-13-19(20)17-7-3-2-4-8-17/h2-12,18-20H,13-16H2,1H3/t18-,19-,20-/m0/s1. The Bertz CT molecular complexity index is 1030. The Hall–Kier alpha value is -3.28. The number of nitrogens with zero attached hydrogens (tertiary/aromatic N) is 3. The number of benzene rings is 2. The van der Waals surface area contributed by atoms with Crippen LogP contribution >= 0.6 is 0 Å². The Morgan fingerprint density at radius 1 is 1.13 bits per heavy atom. The van der Waals surface area contributed by atoms with Gasteiger partial charge in [-0.05, 0) is 30.0 Å². The van der Waals surface area contributed by atoms with E-state index in [4.69, 9.17) is 9.47 Å². The second kappa shape index (κ2) is 7.86. The van der Waals surface area contributed by atoms with Crippen LogP contribution in [-0.2, 0) is 18.4 Å². The molecular weight excluding hydrogens is 378 g/mol. The maximum absolute atomic E-state index is 13.4. The lowest BCUT2D eigenvalue weighted by Crippen LogP contribution is -2.44. The van der Waals surface area contributed by atoms with Gasteiger partial charge in [-0.15, -0.1) is 0 Å². The minimum absolute atomic E-state index is 0.0180. The summed E-state index contributed by atoms with van der Waals surface area (Å²) in [6.45, 7) is 1.36. The summed E-state index contributed by atoms with van der Waals surface area (Å²) >= 11 is 0. The molecule has 0 saturated heterocycles. The number of aromatic nitrogens is 2. The molecule has 1 fully saturated rings. The van der Waals surface area contributed by atoms with Crippen molar-refractivity contribution in [3.8, 4) is 11.5 Å². The van der Waals surface area contributed by atoms with Crippen LogP contribution in [0.1, 0.15) is 23.7 Å². The number of imidazole rings is 1. The number of hydrogen-bond donors (Lipinski definition) is 0. The highest BCUT2D eigenvalue weighted by Gasteiger charge is 2.46. The second-order valence-electron chi connectivity index (χ2n) is 8.03. The van der Waals surface area contributed by atoms with Crippen LogP contribution in [0.15, 0.2) is 67.0 Å². The maximum atomic E-state index is 13.4. The summed E-state index contributed by atoms with van der Waals surface area (Å²) < 4.78 is 13.9. The van der Waals surface area contributed by atoms with Gasteiger partial charge in [0.15, 0.2) is 17.6 Å². The molecule has 3 aromatic rings. The van der Waals surface area contributed by atoms with Gasteiger partial charge in [0.05, 0.1) is 13.1 Å². The highest BCUT2D eigenvalue weighted by atomic mass is 16.6. The van der Waals surface area contributed by atoms with Crippen LogP contribution in [0.2, 0.25) is 0 Å². The quantitative estimate of drug-likeness (QED) is 0.633. The summed E-state index contributed by atoms with van der Waals surface area (Å²) in [5.74, 6) is 2.82. The van der Waals surface area contributed by atoms with E-state index in [2.05, 4.69) is 17.1 Å². The van der Waals surface area contributed by atoms with Gasteiger partial charge in [-0.2, -0.15) is 0 Å². The van der Waals surface area contributed by atoms with E-state index in [1.54, 1.807) is 6.20 Å². The molecule has 0 N–H and O–H groups in total. The highest BCUT2D eigenvalue weighted by molar-refractivity contribution is 5.83. The maximum Gasteiger partial charge on any atom is 0.226 e. The van der Waals surface area contributed by atoms with E-state index in [1.807, 2.05) is 65.2 Å². The average molecular weight is 403 g/mol. The fourth-order valence-electron chi connectivity index (χ4n) is 4.12. The number of aryl methyl sites for hydroxylation is 1. The Morgan fingerprint density at radius 2 is 1.90 bits per heavy atom. The van der Waals surface area contributed by atoms with E-state index >= 15 is 0 Å². The Balaban J connectivity index is 1.32. The van der Waals surface area contributed by atoms with E-state index in [1.165, 1.54) is 5.56 Å². The number of amides is 1. The monoisotopic (exact) mass is 403 g/mol. The van der Waals surface area contributed by atoms with Crippen molar-refractivity contribution >= 4 is 5.91 Å². The zero-order valence-corrected chi connectivity index (χ0v) is 17.0. The van der Waals surface area contributed by atoms with Gasteiger partial charge in [0.1, 0.15) is 12.4 Å². The molecule has 30 heavy (non-hydrogen) atoms. The van der Waals surface area contributed by atoms with Crippen molar-refractivity contribution in [1.82, 2.24) is 14.5 Å². The van der Waals surface area contributed by atoms with Crippen LogP contribution in [0.25, 0.3) is 0 Å². The molecule has 3 atom stereocenters. The third-order valence-corrected chi connectivity index (χ3v) is 5.89. The summed E-state index contributed by atoms with van der Waals surface area (Å²) in [6, 6.07) is 17.9. The number of ether oxygens (including phenoxy) is 2. The molecule has 0 bridgehead atoms. The normalized spacial score (nSPS) is 21.8. The van der Waals surface area contributed by atoms with Crippen LogP contribution in [0.5, 0.6) is 11.5 Å². The molecular formula is C24H25N3O3. The molecule has 5 rings (SSSR count). The molecule has 6 nitrogen and oxygen atoms in total. The molecule has 1 saturated carbocycles. The summed E-state index contributed by atoms with van der Waals surface area (Å²) in [7, 11) is 1.95. The van der Waals surface area contributed by atoms with E-state index < -0.39 is 0 Å². The van der Waals surface area contributed by atoms with Crippen molar-refractivity contribution in [2.45, 2.75) is 25.0 Å². The summed E-state index contributed by atoms with van der Waals surface area (Å²) in [4.78, 5) is 19.7. The molecule has 0 unspecified atom stereocenters. The van der Waals surface area contributed by atoms with E-state index in [9.17, 15) is 4.79 Å². The topological polar surface area (TPSA) is 56.6 Å². The number of para-hydroxylation sites is 2. The van der Waals surface area contributed by atoms with Gasteiger partial charge in [-0.3, -0.25) is 4.79 Å². The molecule has 1 aliphatic carbocycles. The molecule has 1 aromatic heterocycles. The summed E-state index contributed by atoms with van der Waals surface area (Å²) in [6.07, 6.45) is 4.35. The van der Waals surface area contributed by atoms with Crippen molar-refractivity contribution in [3.05, 3.63) is 78.4 Å². The lowest BCUT2D eigenvalue weighted by molar-refractivity contribution is -0.135. The number of rotatable bonds is 6. The number of carbonyl (C=O) groups is 1. The minimum Gasteiger partial charge on any atom is -0.486 e. The van der Waals surface area contributed by atoms with Gasteiger partial charge in [0.25, 0.3) is 0 Å². The van der Waals surface area contributed by atoms with Crippen LogP contribution in [0.3, 0.4) is 0 Å². The van der Waals surface area contributed by atoms with Gasteiger partial charge in [0, 0.05) is 25.4 Å². The zero-order valence-electron chi connectivity index (χ0n) is 17.0. The highest BCUT2D eigenvalue weighted by Crippen LogP contribution is 2.48. The van der Waals surface area contributed by atoms with Crippen LogP contribution in [-0.4, -0.2) is 39.6 Å². The largest absolute Gasteiger partial charge is 0.486 e. The number of carbonyl (C=O) groups excluding carboxylic acids is 1. The van der Waals surface area contributed by atoms with Crippen molar-refractivity contribution in [3.63, 3.8) is 0 Å². The first kappa shape index (κ1) is 18.7. The molecule has 0 spiro atoms.